The van der Waals surface area contributed by atoms with Crippen molar-refractivity contribution in [1.29, 1.82) is 0 Å². The lowest BCUT2D eigenvalue weighted by Gasteiger charge is -2.32. The fourth-order valence-electron chi connectivity index (χ4n) is 2.98. The molecule has 128 valence electrons. The third kappa shape index (κ3) is 5.29. The van der Waals surface area contributed by atoms with Crippen molar-refractivity contribution >= 4 is 23.3 Å². The summed E-state index contributed by atoms with van der Waals surface area (Å²) in [7, 11) is 3.96. The van der Waals surface area contributed by atoms with Crippen LogP contribution >= 0.6 is 11.6 Å². The van der Waals surface area contributed by atoms with Gasteiger partial charge in [0.1, 0.15) is 5.75 Å². The number of piperidine rings is 1. The Hall–Kier alpha value is -1.46. The molecule has 1 atom stereocenters. The molecule has 1 aliphatic rings. The molecule has 0 saturated carbocycles. The van der Waals surface area contributed by atoms with E-state index in [-0.39, 0.29) is 6.03 Å². The minimum absolute atomic E-state index is 0.138. The average molecular weight is 340 g/mol. The monoisotopic (exact) mass is 339 g/mol. The number of nitrogens with one attached hydrogen (secondary N) is 1. The van der Waals surface area contributed by atoms with Crippen LogP contribution in [0.5, 0.6) is 5.75 Å². The molecule has 5 nitrogen and oxygen atoms in total. The summed E-state index contributed by atoms with van der Waals surface area (Å²) in [6.07, 6.45) is 2.36. The fraction of sp³-hybridized carbons (Fsp3) is 0.588. The number of halogens is 1. The molecule has 0 radical (unpaired) electrons. The lowest BCUT2D eigenvalue weighted by atomic mass is 9.98. The number of benzene rings is 1. The van der Waals surface area contributed by atoms with Crippen molar-refractivity contribution in [2.24, 2.45) is 5.92 Å². The van der Waals surface area contributed by atoms with Gasteiger partial charge in [-0.25, -0.2) is 4.79 Å². The van der Waals surface area contributed by atoms with Crippen molar-refractivity contribution in [2.45, 2.75) is 19.8 Å². The van der Waals surface area contributed by atoms with Gasteiger partial charge < -0.3 is 19.9 Å². The summed E-state index contributed by atoms with van der Waals surface area (Å²) in [5.74, 6) is 1.16. The first-order valence-electron chi connectivity index (χ1n) is 8.12. The predicted octanol–water partition coefficient (Wildman–Crippen LogP) is 3.54. The van der Waals surface area contributed by atoms with E-state index >= 15 is 0 Å². The predicted molar refractivity (Wildman–Crippen MR) is 94.5 cm³/mol. The summed E-state index contributed by atoms with van der Waals surface area (Å²) in [5, 5.41) is 3.47. The van der Waals surface area contributed by atoms with Crippen LogP contribution in [-0.4, -0.2) is 56.2 Å². The highest BCUT2D eigenvalue weighted by molar-refractivity contribution is 6.31. The summed E-state index contributed by atoms with van der Waals surface area (Å²) in [6, 6.07) is 5.11. The Kier molecular flexibility index (Phi) is 6.54. The molecule has 23 heavy (non-hydrogen) atoms. The first-order valence-corrected chi connectivity index (χ1v) is 8.50. The van der Waals surface area contributed by atoms with Crippen LogP contribution in [0.1, 0.15) is 19.8 Å². The van der Waals surface area contributed by atoms with E-state index in [2.05, 4.69) is 17.3 Å². The number of anilines is 1. The van der Waals surface area contributed by atoms with Crippen LogP contribution in [0.4, 0.5) is 10.5 Å². The van der Waals surface area contributed by atoms with E-state index in [1.807, 2.05) is 14.0 Å². The second-order valence-corrected chi connectivity index (χ2v) is 6.59. The molecule has 1 aromatic carbocycles. The van der Waals surface area contributed by atoms with E-state index in [9.17, 15) is 4.79 Å². The molecule has 2 amide bonds. The van der Waals surface area contributed by atoms with Crippen molar-refractivity contribution in [3.05, 3.63) is 23.2 Å². The number of rotatable bonds is 5. The Morgan fingerprint density at radius 1 is 1.52 bits per heavy atom. The van der Waals surface area contributed by atoms with Gasteiger partial charge in [-0.2, -0.15) is 0 Å². The Morgan fingerprint density at radius 2 is 2.30 bits per heavy atom. The maximum absolute atomic E-state index is 12.4. The minimum atomic E-state index is -0.138. The molecule has 0 spiro atoms. The Balaban J connectivity index is 1.96. The molecule has 1 saturated heterocycles. The van der Waals surface area contributed by atoms with Crippen molar-refractivity contribution in [1.82, 2.24) is 9.80 Å². The van der Waals surface area contributed by atoms with Gasteiger partial charge in [-0.15, -0.1) is 0 Å². The van der Waals surface area contributed by atoms with Gasteiger partial charge in [0.2, 0.25) is 0 Å². The number of carbonyl (C=O) groups is 1. The standard InChI is InChI=1S/C17H26ClN3O2/c1-4-23-16-8-7-14(18)10-15(16)19-17(22)21(3)12-13-6-5-9-20(2)11-13/h7-8,10,13H,4-6,9,11-12H2,1-3H3,(H,19,22)/t13-/m0/s1. The fourth-order valence-corrected chi connectivity index (χ4v) is 3.16. The normalized spacial score (nSPS) is 18.5. The molecule has 2 rings (SSSR count). The zero-order chi connectivity index (χ0) is 16.8. The lowest BCUT2D eigenvalue weighted by molar-refractivity contribution is 0.170. The third-order valence-electron chi connectivity index (χ3n) is 4.08. The second-order valence-electron chi connectivity index (χ2n) is 6.15. The van der Waals surface area contributed by atoms with Gasteiger partial charge in [-0.3, -0.25) is 0 Å². The van der Waals surface area contributed by atoms with Gasteiger partial charge in [0.15, 0.2) is 0 Å². The highest BCUT2D eigenvalue weighted by Gasteiger charge is 2.21. The smallest absolute Gasteiger partial charge is 0.321 e. The molecule has 1 aromatic rings. The number of amides is 2. The summed E-state index contributed by atoms with van der Waals surface area (Å²) in [6.45, 7) is 5.38. The summed E-state index contributed by atoms with van der Waals surface area (Å²) in [5.41, 5.74) is 0.608. The van der Waals surface area contributed by atoms with Gasteiger partial charge in [-0.05, 0) is 57.5 Å². The molecule has 0 aliphatic carbocycles. The van der Waals surface area contributed by atoms with E-state index in [0.717, 1.165) is 19.6 Å². The summed E-state index contributed by atoms with van der Waals surface area (Å²) >= 11 is 6.03. The number of hydrogen-bond donors (Lipinski definition) is 1. The zero-order valence-corrected chi connectivity index (χ0v) is 14.9. The molecule has 1 N–H and O–H groups in total. The third-order valence-corrected chi connectivity index (χ3v) is 4.32. The highest BCUT2D eigenvalue weighted by Crippen LogP contribution is 2.28. The van der Waals surface area contributed by atoms with Crippen LogP contribution in [0, 0.1) is 5.92 Å². The van der Waals surface area contributed by atoms with Gasteiger partial charge >= 0.3 is 6.03 Å². The van der Waals surface area contributed by atoms with Gasteiger partial charge in [0, 0.05) is 25.2 Å². The van der Waals surface area contributed by atoms with Crippen LogP contribution in [0.15, 0.2) is 18.2 Å². The van der Waals surface area contributed by atoms with Crippen LogP contribution in [0.2, 0.25) is 5.02 Å². The van der Waals surface area contributed by atoms with Crippen molar-refractivity contribution in [3.8, 4) is 5.75 Å². The number of ether oxygens (including phenoxy) is 1. The Bertz CT molecular complexity index is 539. The van der Waals surface area contributed by atoms with E-state index in [4.69, 9.17) is 16.3 Å². The number of carbonyl (C=O) groups excluding carboxylic acids is 1. The lowest BCUT2D eigenvalue weighted by Crippen LogP contribution is -2.41. The number of urea groups is 1. The number of nitrogens with zero attached hydrogens (tertiary/aromatic N) is 2. The quantitative estimate of drug-likeness (QED) is 0.892. The molecular formula is C17H26ClN3O2. The molecule has 1 aliphatic heterocycles. The van der Waals surface area contributed by atoms with Crippen LogP contribution < -0.4 is 10.1 Å². The van der Waals surface area contributed by atoms with Gasteiger partial charge in [0.05, 0.1) is 12.3 Å². The number of hydrogen-bond acceptors (Lipinski definition) is 3. The van der Waals surface area contributed by atoms with Crippen LogP contribution in [0.3, 0.4) is 0 Å². The average Bonchev–Trinajstić information content (AvgIpc) is 2.50. The topological polar surface area (TPSA) is 44.8 Å². The van der Waals surface area contributed by atoms with Crippen molar-refractivity contribution in [2.75, 3.05) is 45.7 Å². The zero-order valence-electron chi connectivity index (χ0n) is 14.1. The summed E-state index contributed by atoms with van der Waals surface area (Å²) in [4.78, 5) is 16.5. The molecule has 1 fully saturated rings. The molecule has 6 heteroatoms. The maximum Gasteiger partial charge on any atom is 0.321 e. The van der Waals surface area contributed by atoms with Crippen LogP contribution in [-0.2, 0) is 0 Å². The van der Waals surface area contributed by atoms with E-state index < -0.39 is 0 Å². The highest BCUT2D eigenvalue weighted by atomic mass is 35.5. The molecule has 0 bridgehead atoms. The largest absolute Gasteiger partial charge is 0.492 e. The van der Waals surface area contributed by atoms with Gasteiger partial charge in [0.25, 0.3) is 0 Å². The first-order chi connectivity index (χ1) is 11.0. The Morgan fingerprint density at radius 3 is 3.00 bits per heavy atom. The molecular weight excluding hydrogens is 314 g/mol. The van der Waals surface area contributed by atoms with E-state index in [0.29, 0.717) is 29.0 Å². The van der Waals surface area contributed by atoms with Crippen LogP contribution in [0.25, 0.3) is 0 Å². The van der Waals surface area contributed by atoms with E-state index in [1.165, 1.54) is 12.8 Å². The molecule has 0 aromatic heterocycles. The molecule has 0 unspecified atom stereocenters. The van der Waals surface area contributed by atoms with Crippen molar-refractivity contribution < 1.29 is 9.53 Å². The number of likely N-dealkylation sites (tertiary alicyclic amines) is 1. The van der Waals surface area contributed by atoms with E-state index in [1.54, 1.807) is 23.1 Å². The van der Waals surface area contributed by atoms with Crippen molar-refractivity contribution in [3.63, 3.8) is 0 Å². The Labute approximate surface area is 143 Å². The maximum atomic E-state index is 12.4. The molecule has 1 heterocycles. The second kappa shape index (κ2) is 8.41. The SMILES string of the molecule is CCOc1ccc(Cl)cc1NC(=O)N(C)C[C@H]1CCCN(C)C1. The summed E-state index contributed by atoms with van der Waals surface area (Å²) < 4.78 is 5.54. The first kappa shape index (κ1) is 17.9. The minimum Gasteiger partial charge on any atom is -0.492 e. The van der Waals surface area contributed by atoms with Gasteiger partial charge in [-0.1, -0.05) is 11.6 Å².